The van der Waals surface area contributed by atoms with Crippen molar-refractivity contribution in [2.45, 2.75) is 10.3 Å². The van der Waals surface area contributed by atoms with Gasteiger partial charge >= 0.3 is 0 Å². The molecule has 0 saturated carbocycles. The van der Waals surface area contributed by atoms with Crippen molar-refractivity contribution in [2.24, 2.45) is 0 Å². The highest BCUT2D eigenvalue weighted by atomic mass is 33.1. The summed E-state index contributed by atoms with van der Waals surface area (Å²) in [6, 6.07) is 0. The summed E-state index contributed by atoms with van der Waals surface area (Å²) in [6.45, 7) is 2.10. The highest BCUT2D eigenvalue weighted by Crippen LogP contribution is 2.44. The van der Waals surface area contributed by atoms with E-state index in [9.17, 15) is 0 Å². The van der Waals surface area contributed by atoms with E-state index in [2.05, 4.69) is 32.1 Å². The molecule has 0 aromatic heterocycles. The van der Waals surface area contributed by atoms with E-state index in [1.807, 2.05) is 0 Å². The third-order valence-electron chi connectivity index (χ3n) is 0.617. The van der Waals surface area contributed by atoms with Gasteiger partial charge in [0.2, 0.25) is 0 Å². The number of hydrogen-bond donors (Lipinski definition) is 1. The van der Waals surface area contributed by atoms with Gasteiger partial charge in [-0.25, -0.2) is 0 Å². The molecule has 0 rings (SSSR count). The first-order chi connectivity index (χ1) is 3.62. The molecule has 8 heavy (non-hydrogen) atoms. The molecule has 1 atom stereocenters. The Balaban J connectivity index is 3.37. The second-order valence-electron chi connectivity index (χ2n) is 1.35. The lowest BCUT2D eigenvalue weighted by Gasteiger charge is -2.17. The molecule has 50 valence electrons. The van der Waals surface area contributed by atoms with Crippen LogP contribution >= 0.6 is 46.0 Å². The van der Waals surface area contributed by atoms with Gasteiger partial charge in [-0.05, 0) is 19.4 Å². The van der Waals surface area contributed by atoms with E-state index in [0.29, 0.717) is 0 Å². The van der Waals surface area contributed by atoms with E-state index in [1.54, 1.807) is 33.3 Å². The second kappa shape index (κ2) is 4.25. The zero-order valence-corrected chi connectivity index (χ0v) is 8.52. The van der Waals surface area contributed by atoms with Crippen molar-refractivity contribution in [3.05, 3.63) is 0 Å². The third kappa shape index (κ3) is 4.30. The Kier molecular flexibility index (Phi) is 5.00. The van der Waals surface area contributed by atoms with E-state index in [4.69, 9.17) is 0 Å². The quantitative estimate of drug-likeness (QED) is 0.409. The third-order valence-corrected chi connectivity index (χ3v) is 5.61. The summed E-state index contributed by atoms with van der Waals surface area (Å²) in [5.41, 5.74) is 0. The molecule has 0 heterocycles. The molecule has 0 aliphatic heterocycles. The molecule has 0 saturated heterocycles. The molecule has 4 heteroatoms. The molecule has 0 aliphatic carbocycles. The summed E-state index contributed by atoms with van der Waals surface area (Å²) < 4.78 is 0.0828. The first-order valence-corrected chi connectivity index (χ1v) is 6.35. The Bertz CT molecular complexity index is 61.1. The van der Waals surface area contributed by atoms with Crippen LogP contribution in [0.3, 0.4) is 0 Å². The summed E-state index contributed by atoms with van der Waals surface area (Å²) in [7, 11) is 3.53. The maximum Gasteiger partial charge on any atom is 0.111 e. The van der Waals surface area contributed by atoms with Gasteiger partial charge in [-0.1, -0.05) is 21.6 Å². The molecule has 0 nitrogen and oxygen atoms in total. The molecular formula is C4H10S4. The minimum Gasteiger partial charge on any atom is -0.150 e. The minimum atomic E-state index is 0.0828. The lowest BCUT2D eigenvalue weighted by Crippen LogP contribution is -1.99. The normalized spacial score (nSPS) is 18.0. The SMILES string of the molecule is CSS[C@](C)(S)SC. The van der Waals surface area contributed by atoms with Gasteiger partial charge in [-0.3, -0.25) is 0 Å². The fourth-order valence-corrected chi connectivity index (χ4v) is 3.59. The molecule has 0 amide bonds. The molecule has 0 unspecified atom stereocenters. The van der Waals surface area contributed by atoms with E-state index in [0.717, 1.165) is 0 Å². The number of hydrogen-bond acceptors (Lipinski definition) is 4. The van der Waals surface area contributed by atoms with E-state index in [1.165, 1.54) is 0 Å². The number of rotatable bonds is 3. The summed E-state index contributed by atoms with van der Waals surface area (Å²) in [5.74, 6) is 0. The molecule has 0 bridgehead atoms. The van der Waals surface area contributed by atoms with Gasteiger partial charge in [0.05, 0.1) is 0 Å². The van der Waals surface area contributed by atoms with E-state index >= 15 is 0 Å². The average molecular weight is 186 g/mol. The molecule has 0 aromatic carbocycles. The highest BCUT2D eigenvalue weighted by Gasteiger charge is 2.16. The Hall–Kier alpha value is 1.40. The van der Waals surface area contributed by atoms with Crippen LogP contribution in [0.15, 0.2) is 0 Å². The van der Waals surface area contributed by atoms with Crippen LogP contribution in [0.5, 0.6) is 0 Å². The Morgan fingerprint density at radius 2 is 1.88 bits per heavy atom. The van der Waals surface area contributed by atoms with Crippen LogP contribution in [-0.4, -0.2) is 15.9 Å². The number of thiol groups is 1. The Morgan fingerprint density at radius 1 is 1.38 bits per heavy atom. The van der Waals surface area contributed by atoms with Gasteiger partial charge < -0.3 is 0 Å². The first-order valence-electron chi connectivity index (χ1n) is 2.12. The van der Waals surface area contributed by atoms with Gasteiger partial charge in [0.25, 0.3) is 0 Å². The van der Waals surface area contributed by atoms with Crippen LogP contribution in [0, 0.1) is 0 Å². The predicted octanol–water partition coefficient (Wildman–Crippen LogP) is 2.96. The lowest BCUT2D eigenvalue weighted by atomic mass is 10.9. The van der Waals surface area contributed by atoms with Crippen molar-refractivity contribution < 1.29 is 0 Å². The molecule has 0 aromatic rings. The maximum atomic E-state index is 4.37. The topological polar surface area (TPSA) is 0 Å². The van der Waals surface area contributed by atoms with E-state index < -0.39 is 0 Å². The van der Waals surface area contributed by atoms with Gasteiger partial charge in [-0.15, -0.1) is 11.8 Å². The fraction of sp³-hybridized carbons (Fsp3) is 1.00. The first kappa shape index (κ1) is 9.40. The summed E-state index contributed by atoms with van der Waals surface area (Å²) in [6.07, 6.45) is 4.13. The van der Waals surface area contributed by atoms with Crippen molar-refractivity contribution in [2.75, 3.05) is 12.5 Å². The van der Waals surface area contributed by atoms with Gasteiger partial charge in [0, 0.05) is 0 Å². The smallest absolute Gasteiger partial charge is 0.111 e. The summed E-state index contributed by atoms with van der Waals surface area (Å²) in [5, 5.41) is 0. The molecule has 0 fully saturated rings. The van der Waals surface area contributed by atoms with Crippen molar-refractivity contribution in [3.8, 4) is 0 Å². The van der Waals surface area contributed by atoms with Gasteiger partial charge in [0.15, 0.2) is 0 Å². The van der Waals surface area contributed by atoms with Crippen LogP contribution in [0.4, 0.5) is 0 Å². The van der Waals surface area contributed by atoms with Crippen molar-refractivity contribution in [3.63, 3.8) is 0 Å². The standard InChI is InChI=1S/C4H10S4/c1-4(5,6-2)8-7-3/h5H,1-3H3/t4-/m1/s1. The van der Waals surface area contributed by atoms with Crippen LogP contribution in [-0.2, 0) is 0 Å². The van der Waals surface area contributed by atoms with Crippen LogP contribution in [0.25, 0.3) is 0 Å². The van der Waals surface area contributed by atoms with E-state index in [-0.39, 0.29) is 3.41 Å². The van der Waals surface area contributed by atoms with Crippen LogP contribution in [0.1, 0.15) is 6.92 Å². The fourth-order valence-electron chi connectivity index (χ4n) is 0.189. The monoisotopic (exact) mass is 186 g/mol. The van der Waals surface area contributed by atoms with Gasteiger partial charge in [0.1, 0.15) is 3.41 Å². The zero-order valence-electron chi connectivity index (χ0n) is 5.17. The summed E-state index contributed by atoms with van der Waals surface area (Å²) >= 11 is 6.13. The highest BCUT2D eigenvalue weighted by molar-refractivity contribution is 8.80. The van der Waals surface area contributed by atoms with Gasteiger partial charge in [-0.2, -0.15) is 12.6 Å². The average Bonchev–Trinajstić information content (AvgIpc) is 1.67. The molecule has 0 spiro atoms. The second-order valence-corrected chi connectivity index (χ2v) is 7.15. The van der Waals surface area contributed by atoms with Crippen molar-refractivity contribution in [1.82, 2.24) is 0 Å². The summed E-state index contributed by atoms with van der Waals surface area (Å²) in [4.78, 5) is 0. The maximum absolute atomic E-state index is 4.37. The number of thioether (sulfide) groups is 1. The van der Waals surface area contributed by atoms with Crippen molar-refractivity contribution in [1.29, 1.82) is 0 Å². The largest absolute Gasteiger partial charge is 0.150 e. The minimum absolute atomic E-state index is 0.0828. The molecule has 0 aliphatic rings. The Morgan fingerprint density at radius 3 is 2.00 bits per heavy atom. The molecule has 0 radical (unpaired) electrons. The lowest BCUT2D eigenvalue weighted by molar-refractivity contribution is 1.35. The molecule has 0 N–H and O–H groups in total. The zero-order chi connectivity index (χ0) is 6.62. The van der Waals surface area contributed by atoms with Crippen molar-refractivity contribution >= 4 is 46.0 Å². The van der Waals surface area contributed by atoms with Crippen LogP contribution in [0.2, 0.25) is 0 Å². The predicted molar refractivity (Wildman–Crippen MR) is 52.0 cm³/mol. The Labute approximate surface area is 68.8 Å². The molecular weight excluding hydrogens is 176 g/mol. The van der Waals surface area contributed by atoms with Crippen LogP contribution < -0.4 is 0 Å².